The van der Waals surface area contributed by atoms with E-state index < -0.39 is 11.4 Å². The lowest BCUT2D eigenvalue weighted by Crippen LogP contribution is -2.27. The minimum atomic E-state index is -0.817. The van der Waals surface area contributed by atoms with Crippen molar-refractivity contribution in [2.45, 2.75) is 24.0 Å². The SMILES string of the molecule is O=C(O)CSCc1cccc(NC(=O)C2(c3ccccc3)CC2)c1. The predicted molar refractivity (Wildman–Crippen MR) is 96.2 cm³/mol. The number of benzene rings is 2. The predicted octanol–water partition coefficient (Wildman–Crippen LogP) is 3.67. The number of carbonyl (C=O) groups excluding carboxylic acids is 1. The maximum absolute atomic E-state index is 12.7. The molecule has 2 N–H and O–H groups in total. The third-order valence-electron chi connectivity index (χ3n) is 4.19. The van der Waals surface area contributed by atoms with Crippen molar-refractivity contribution in [3.8, 4) is 0 Å². The maximum Gasteiger partial charge on any atom is 0.313 e. The van der Waals surface area contributed by atoms with E-state index in [1.807, 2.05) is 54.6 Å². The van der Waals surface area contributed by atoms with Gasteiger partial charge in [0.2, 0.25) is 5.91 Å². The summed E-state index contributed by atoms with van der Waals surface area (Å²) in [4.78, 5) is 23.3. The molecule has 0 aromatic heterocycles. The molecule has 3 rings (SSSR count). The second kappa shape index (κ2) is 7.09. The van der Waals surface area contributed by atoms with Gasteiger partial charge in [0.1, 0.15) is 0 Å². The number of aliphatic carboxylic acids is 1. The lowest BCUT2D eigenvalue weighted by atomic mass is 9.95. The average molecular weight is 341 g/mol. The maximum atomic E-state index is 12.7. The average Bonchev–Trinajstić information content (AvgIpc) is 3.38. The van der Waals surface area contributed by atoms with Crippen LogP contribution in [0.1, 0.15) is 24.0 Å². The molecule has 1 amide bonds. The van der Waals surface area contributed by atoms with Crippen molar-refractivity contribution in [1.29, 1.82) is 0 Å². The summed E-state index contributed by atoms with van der Waals surface area (Å²) in [6.07, 6.45) is 1.74. The van der Waals surface area contributed by atoms with E-state index in [2.05, 4.69) is 5.32 Å². The molecule has 0 bridgehead atoms. The second-order valence-electron chi connectivity index (χ2n) is 5.99. The van der Waals surface area contributed by atoms with Crippen molar-refractivity contribution in [2.75, 3.05) is 11.1 Å². The Kier molecular flexibility index (Phi) is 4.90. The first-order chi connectivity index (χ1) is 11.6. The molecule has 0 saturated heterocycles. The molecule has 2 aromatic rings. The second-order valence-corrected chi connectivity index (χ2v) is 6.97. The van der Waals surface area contributed by atoms with E-state index >= 15 is 0 Å². The highest BCUT2D eigenvalue weighted by Gasteiger charge is 2.51. The number of hydrogen-bond donors (Lipinski definition) is 2. The molecule has 0 radical (unpaired) electrons. The highest BCUT2D eigenvalue weighted by molar-refractivity contribution is 7.99. The molecule has 1 fully saturated rings. The number of carbonyl (C=O) groups is 2. The van der Waals surface area contributed by atoms with E-state index in [0.29, 0.717) is 5.75 Å². The molecule has 0 heterocycles. The molecule has 1 saturated carbocycles. The number of nitrogens with one attached hydrogen (secondary N) is 1. The van der Waals surface area contributed by atoms with Crippen LogP contribution in [-0.2, 0) is 20.8 Å². The summed E-state index contributed by atoms with van der Waals surface area (Å²) in [6.45, 7) is 0. The Labute approximate surface area is 145 Å². The number of rotatable bonds is 7. The Balaban J connectivity index is 1.66. The van der Waals surface area contributed by atoms with Crippen LogP contribution in [0.5, 0.6) is 0 Å². The third-order valence-corrected chi connectivity index (χ3v) is 5.18. The number of thioether (sulfide) groups is 1. The van der Waals surface area contributed by atoms with Gasteiger partial charge in [-0.15, -0.1) is 11.8 Å². The highest BCUT2D eigenvalue weighted by Crippen LogP contribution is 2.48. The van der Waals surface area contributed by atoms with E-state index in [0.717, 1.165) is 29.7 Å². The summed E-state index contributed by atoms with van der Waals surface area (Å²) in [5, 5.41) is 11.7. The quantitative estimate of drug-likeness (QED) is 0.806. The summed E-state index contributed by atoms with van der Waals surface area (Å²) in [6, 6.07) is 17.5. The molecular formula is C19H19NO3S. The van der Waals surface area contributed by atoms with Crippen LogP contribution >= 0.6 is 11.8 Å². The first-order valence-corrected chi connectivity index (χ1v) is 9.01. The van der Waals surface area contributed by atoms with E-state index in [4.69, 9.17) is 5.11 Å². The number of carboxylic acids is 1. The summed E-state index contributed by atoms with van der Waals surface area (Å²) in [7, 11) is 0. The van der Waals surface area contributed by atoms with Crippen molar-refractivity contribution >= 4 is 29.3 Å². The Hall–Kier alpha value is -2.27. The third kappa shape index (κ3) is 3.79. The molecule has 1 aliphatic carbocycles. The standard InChI is InChI=1S/C19H19NO3S/c21-17(22)13-24-12-14-5-4-8-16(11-14)20-18(23)19(9-10-19)15-6-2-1-3-7-15/h1-8,11H,9-10,12-13H2,(H,20,23)(H,21,22). The number of amides is 1. The fourth-order valence-electron chi connectivity index (χ4n) is 2.77. The zero-order chi connectivity index (χ0) is 17.0. The molecule has 4 nitrogen and oxygen atoms in total. The molecular weight excluding hydrogens is 322 g/mol. The number of anilines is 1. The van der Waals surface area contributed by atoms with Gasteiger partial charge in [0.15, 0.2) is 0 Å². The zero-order valence-corrected chi connectivity index (χ0v) is 14.0. The molecule has 1 aliphatic rings. The molecule has 0 spiro atoms. The van der Waals surface area contributed by atoms with Crippen LogP contribution in [0.15, 0.2) is 54.6 Å². The van der Waals surface area contributed by atoms with Gasteiger partial charge in [-0.2, -0.15) is 0 Å². The molecule has 0 atom stereocenters. The number of carboxylic acid groups (broad SMARTS) is 1. The van der Waals surface area contributed by atoms with Gasteiger partial charge >= 0.3 is 5.97 Å². The van der Waals surface area contributed by atoms with Crippen molar-refractivity contribution in [1.82, 2.24) is 0 Å². The van der Waals surface area contributed by atoms with E-state index in [-0.39, 0.29) is 11.7 Å². The Morgan fingerprint density at radius 1 is 1.08 bits per heavy atom. The molecule has 124 valence electrons. The Bertz CT molecular complexity index is 741. The Morgan fingerprint density at radius 2 is 1.83 bits per heavy atom. The van der Waals surface area contributed by atoms with Crippen molar-refractivity contribution < 1.29 is 14.7 Å². The van der Waals surface area contributed by atoms with E-state index in [1.54, 1.807) is 0 Å². The van der Waals surface area contributed by atoms with Crippen LogP contribution in [0.3, 0.4) is 0 Å². The normalized spacial score (nSPS) is 14.8. The van der Waals surface area contributed by atoms with Crippen LogP contribution in [0.2, 0.25) is 0 Å². The lowest BCUT2D eigenvalue weighted by molar-refractivity contribution is -0.133. The summed E-state index contributed by atoms with van der Waals surface area (Å²) < 4.78 is 0. The van der Waals surface area contributed by atoms with Crippen LogP contribution < -0.4 is 5.32 Å². The summed E-state index contributed by atoms with van der Waals surface area (Å²) in [5.74, 6) is -0.0971. The Morgan fingerprint density at radius 3 is 2.50 bits per heavy atom. The van der Waals surface area contributed by atoms with Gasteiger partial charge < -0.3 is 10.4 Å². The first-order valence-electron chi connectivity index (χ1n) is 7.86. The molecule has 2 aromatic carbocycles. The summed E-state index contributed by atoms with van der Waals surface area (Å²) in [5.41, 5.74) is 2.44. The van der Waals surface area contributed by atoms with Crippen molar-refractivity contribution in [3.63, 3.8) is 0 Å². The van der Waals surface area contributed by atoms with E-state index in [1.165, 1.54) is 11.8 Å². The van der Waals surface area contributed by atoms with E-state index in [9.17, 15) is 9.59 Å². The minimum absolute atomic E-state index is 0.0315. The molecule has 24 heavy (non-hydrogen) atoms. The van der Waals surface area contributed by atoms with Gasteiger partial charge in [-0.05, 0) is 36.1 Å². The minimum Gasteiger partial charge on any atom is -0.481 e. The van der Waals surface area contributed by atoms with Crippen LogP contribution in [0, 0.1) is 0 Å². The van der Waals surface area contributed by atoms with Gasteiger partial charge in [0, 0.05) is 11.4 Å². The van der Waals surface area contributed by atoms with Gasteiger partial charge in [0.25, 0.3) is 0 Å². The zero-order valence-electron chi connectivity index (χ0n) is 13.2. The molecule has 5 heteroatoms. The highest BCUT2D eigenvalue weighted by atomic mass is 32.2. The molecule has 0 aliphatic heterocycles. The van der Waals surface area contributed by atoms with Crippen LogP contribution in [0.4, 0.5) is 5.69 Å². The topological polar surface area (TPSA) is 66.4 Å². The first kappa shape index (κ1) is 16.6. The fraction of sp³-hybridized carbons (Fsp3) is 0.263. The lowest BCUT2D eigenvalue weighted by Gasteiger charge is -2.16. The van der Waals surface area contributed by atoms with Crippen molar-refractivity contribution in [2.24, 2.45) is 0 Å². The van der Waals surface area contributed by atoms with Crippen LogP contribution in [0.25, 0.3) is 0 Å². The van der Waals surface area contributed by atoms with Crippen molar-refractivity contribution in [3.05, 3.63) is 65.7 Å². The van der Waals surface area contributed by atoms with Gasteiger partial charge in [-0.25, -0.2) is 0 Å². The fourth-order valence-corrected chi connectivity index (χ4v) is 3.47. The largest absolute Gasteiger partial charge is 0.481 e. The smallest absolute Gasteiger partial charge is 0.313 e. The van der Waals surface area contributed by atoms with Gasteiger partial charge in [-0.1, -0.05) is 42.5 Å². The summed E-state index contributed by atoms with van der Waals surface area (Å²) >= 11 is 1.34. The van der Waals surface area contributed by atoms with Gasteiger partial charge in [-0.3, -0.25) is 9.59 Å². The molecule has 0 unspecified atom stereocenters. The van der Waals surface area contributed by atoms with Gasteiger partial charge in [0.05, 0.1) is 11.2 Å². The monoisotopic (exact) mass is 341 g/mol. The number of hydrogen-bond acceptors (Lipinski definition) is 3. The van der Waals surface area contributed by atoms with Crippen LogP contribution in [-0.4, -0.2) is 22.7 Å².